The van der Waals surface area contributed by atoms with Gasteiger partial charge in [-0.1, -0.05) is 42.9 Å². The summed E-state index contributed by atoms with van der Waals surface area (Å²) < 4.78 is 7.76. The fraction of sp³-hybridized carbons (Fsp3) is 0.227. The van der Waals surface area contributed by atoms with Crippen LogP contribution in [0.2, 0.25) is 0 Å². The molecule has 7 heteroatoms. The Bertz CT molecular complexity index is 1100. The lowest BCUT2D eigenvalue weighted by Crippen LogP contribution is -1.98. The Balaban J connectivity index is 1.76. The van der Waals surface area contributed by atoms with Gasteiger partial charge in [0.15, 0.2) is 5.01 Å². The molecule has 4 rings (SSSR count). The minimum Gasteiger partial charge on any atom is -0.493 e. The van der Waals surface area contributed by atoms with Crippen molar-refractivity contribution in [2.45, 2.75) is 26.7 Å². The van der Waals surface area contributed by atoms with Crippen LogP contribution in [-0.4, -0.2) is 26.6 Å². The molecule has 29 heavy (non-hydrogen) atoms. The summed E-state index contributed by atoms with van der Waals surface area (Å²) in [5, 5.41) is 14.3. The Hall–Kier alpha value is -3.19. The van der Waals surface area contributed by atoms with Crippen molar-refractivity contribution in [1.29, 1.82) is 0 Å². The van der Waals surface area contributed by atoms with Crippen molar-refractivity contribution < 1.29 is 4.74 Å². The van der Waals surface area contributed by atoms with Gasteiger partial charge >= 0.3 is 0 Å². The maximum Gasteiger partial charge on any atom is 0.203 e. The number of nitrogens with two attached hydrogens (primary N) is 1. The van der Waals surface area contributed by atoms with E-state index in [1.807, 2.05) is 53.3 Å². The van der Waals surface area contributed by atoms with E-state index in [0.717, 1.165) is 58.3 Å². The number of nitrogen functional groups attached to an aromatic ring is 1. The van der Waals surface area contributed by atoms with E-state index in [1.165, 1.54) is 11.3 Å². The molecule has 4 aromatic rings. The molecule has 0 saturated heterocycles. The van der Waals surface area contributed by atoms with Crippen LogP contribution in [0.5, 0.6) is 5.75 Å². The number of hydrogen-bond donors (Lipinski definition) is 1. The number of aryl methyl sites for hydroxylation is 1. The SMILES string of the molecule is CCCCOc1ccc(-c2nn(-c3ccccc3)cc2-c2nnc(N)s2)cc1C. The van der Waals surface area contributed by atoms with Gasteiger partial charge in [-0.15, -0.1) is 10.2 Å². The van der Waals surface area contributed by atoms with Gasteiger partial charge in [-0.2, -0.15) is 5.10 Å². The summed E-state index contributed by atoms with van der Waals surface area (Å²) in [5.41, 5.74) is 10.6. The highest BCUT2D eigenvalue weighted by atomic mass is 32.1. The molecule has 0 aliphatic rings. The molecule has 148 valence electrons. The smallest absolute Gasteiger partial charge is 0.203 e. The number of hydrogen-bond acceptors (Lipinski definition) is 6. The summed E-state index contributed by atoms with van der Waals surface area (Å²) in [6, 6.07) is 16.2. The predicted octanol–water partition coefficient (Wildman–Crippen LogP) is 5.13. The van der Waals surface area contributed by atoms with E-state index in [-0.39, 0.29) is 0 Å². The van der Waals surface area contributed by atoms with Gasteiger partial charge in [0.1, 0.15) is 11.4 Å². The van der Waals surface area contributed by atoms with Gasteiger partial charge in [0.25, 0.3) is 0 Å². The van der Waals surface area contributed by atoms with Crippen LogP contribution in [0.1, 0.15) is 25.3 Å². The molecule has 2 aromatic carbocycles. The van der Waals surface area contributed by atoms with E-state index < -0.39 is 0 Å². The lowest BCUT2D eigenvalue weighted by molar-refractivity contribution is 0.307. The van der Waals surface area contributed by atoms with E-state index in [2.05, 4.69) is 30.1 Å². The molecule has 0 bridgehead atoms. The van der Waals surface area contributed by atoms with Crippen LogP contribution in [-0.2, 0) is 0 Å². The molecule has 0 radical (unpaired) electrons. The number of aromatic nitrogens is 4. The maximum absolute atomic E-state index is 5.90. The van der Waals surface area contributed by atoms with E-state index in [0.29, 0.717) is 5.13 Å². The molecule has 0 fully saturated rings. The van der Waals surface area contributed by atoms with Crippen LogP contribution in [0.3, 0.4) is 0 Å². The highest BCUT2D eigenvalue weighted by Crippen LogP contribution is 2.35. The topological polar surface area (TPSA) is 78.8 Å². The zero-order chi connectivity index (χ0) is 20.2. The van der Waals surface area contributed by atoms with Gasteiger partial charge in [0.2, 0.25) is 5.13 Å². The van der Waals surface area contributed by atoms with Gasteiger partial charge in [-0.25, -0.2) is 4.68 Å². The monoisotopic (exact) mass is 405 g/mol. The Morgan fingerprint density at radius 3 is 2.62 bits per heavy atom. The van der Waals surface area contributed by atoms with Crippen molar-refractivity contribution in [2.24, 2.45) is 0 Å². The van der Waals surface area contributed by atoms with Crippen LogP contribution < -0.4 is 10.5 Å². The fourth-order valence-electron chi connectivity index (χ4n) is 3.09. The number of anilines is 1. The quantitative estimate of drug-likeness (QED) is 0.431. The molecule has 6 nitrogen and oxygen atoms in total. The Morgan fingerprint density at radius 2 is 1.93 bits per heavy atom. The third kappa shape index (κ3) is 4.14. The van der Waals surface area contributed by atoms with Gasteiger partial charge in [0.05, 0.1) is 17.9 Å². The molecule has 2 heterocycles. The summed E-state index contributed by atoms with van der Waals surface area (Å²) in [5.74, 6) is 0.909. The number of benzene rings is 2. The number of unbranched alkanes of at least 4 members (excludes halogenated alkanes) is 1. The molecule has 0 spiro atoms. The average molecular weight is 406 g/mol. The van der Waals surface area contributed by atoms with Gasteiger partial charge < -0.3 is 10.5 Å². The summed E-state index contributed by atoms with van der Waals surface area (Å²) in [7, 11) is 0. The molecule has 0 atom stereocenters. The lowest BCUT2D eigenvalue weighted by atomic mass is 10.1. The maximum atomic E-state index is 5.90. The number of ether oxygens (including phenoxy) is 1. The highest BCUT2D eigenvalue weighted by molar-refractivity contribution is 7.18. The third-order valence-electron chi connectivity index (χ3n) is 4.61. The van der Waals surface area contributed by atoms with Crippen molar-refractivity contribution in [1.82, 2.24) is 20.0 Å². The van der Waals surface area contributed by atoms with E-state index in [9.17, 15) is 0 Å². The van der Waals surface area contributed by atoms with Crippen LogP contribution in [0.25, 0.3) is 27.5 Å². The summed E-state index contributed by atoms with van der Waals surface area (Å²) in [4.78, 5) is 0. The highest BCUT2D eigenvalue weighted by Gasteiger charge is 2.18. The molecule has 0 amide bonds. The number of nitrogens with zero attached hydrogens (tertiary/aromatic N) is 4. The first-order valence-electron chi connectivity index (χ1n) is 9.64. The first-order valence-corrected chi connectivity index (χ1v) is 10.5. The minimum atomic E-state index is 0.439. The summed E-state index contributed by atoms with van der Waals surface area (Å²) >= 11 is 1.36. The van der Waals surface area contributed by atoms with Crippen molar-refractivity contribution in [2.75, 3.05) is 12.3 Å². The fourth-order valence-corrected chi connectivity index (χ4v) is 3.71. The van der Waals surface area contributed by atoms with Crippen molar-refractivity contribution in [3.63, 3.8) is 0 Å². The van der Waals surface area contributed by atoms with Crippen LogP contribution in [0.4, 0.5) is 5.13 Å². The molecule has 2 N–H and O–H groups in total. The largest absolute Gasteiger partial charge is 0.493 e. The van der Waals surface area contributed by atoms with Crippen molar-refractivity contribution in [3.8, 4) is 33.3 Å². The second-order valence-corrected chi connectivity index (χ2v) is 7.81. The zero-order valence-corrected chi connectivity index (χ0v) is 17.3. The average Bonchev–Trinajstić information content (AvgIpc) is 3.36. The van der Waals surface area contributed by atoms with Crippen LogP contribution in [0.15, 0.2) is 54.7 Å². The molecule has 0 saturated carbocycles. The van der Waals surface area contributed by atoms with E-state index in [4.69, 9.17) is 15.6 Å². The van der Waals surface area contributed by atoms with E-state index >= 15 is 0 Å². The standard InChI is InChI=1S/C22H23N5OS/c1-3-4-12-28-19-11-10-16(13-15(19)2)20-18(21-24-25-22(23)29-21)14-27(26-20)17-8-6-5-7-9-17/h5-11,13-14H,3-4,12H2,1-2H3,(H2,23,25). The number of para-hydroxylation sites is 1. The van der Waals surface area contributed by atoms with E-state index in [1.54, 1.807) is 0 Å². The summed E-state index contributed by atoms with van der Waals surface area (Å²) in [6.45, 7) is 4.94. The summed E-state index contributed by atoms with van der Waals surface area (Å²) in [6.07, 6.45) is 4.14. The van der Waals surface area contributed by atoms with Gasteiger partial charge in [-0.3, -0.25) is 0 Å². The molecule has 0 unspecified atom stereocenters. The Kier molecular flexibility index (Phi) is 5.57. The minimum absolute atomic E-state index is 0.439. The Labute approximate surface area is 174 Å². The molecular formula is C22H23N5OS. The second-order valence-electron chi connectivity index (χ2n) is 6.80. The first kappa shape index (κ1) is 19.1. The molecule has 0 aliphatic carbocycles. The predicted molar refractivity (Wildman–Crippen MR) is 117 cm³/mol. The Morgan fingerprint density at radius 1 is 1.10 bits per heavy atom. The molecular weight excluding hydrogens is 382 g/mol. The van der Waals surface area contributed by atoms with Crippen LogP contribution in [0, 0.1) is 6.92 Å². The van der Waals surface area contributed by atoms with Gasteiger partial charge in [0, 0.05) is 11.8 Å². The van der Waals surface area contributed by atoms with Gasteiger partial charge in [-0.05, 0) is 49.2 Å². The zero-order valence-electron chi connectivity index (χ0n) is 16.5. The first-order chi connectivity index (χ1) is 14.2. The van der Waals surface area contributed by atoms with Crippen LogP contribution >= 0.6 is 11.3 Å². The lowest BCUT2D eigenvalue weighted by Gasteiger charge is -2.10. The van der Waals surface area contributed by atoms with Crippen molar-refractivity contribution >= 4 is 16.5 Å². The van der Waals surface area contributed by atoms with Crippen molar-refractivity contribution in [3.05, 3.63) is 60.3 Å². The molecule has 2 aromatic heterocycles. The second kappa shape index (κ2) is 8.45. The molecule has 0 aliphatic heterocycles. The number of rotatable bonds is 7. The third-order valence-corrected chi connectivity index (χ3v) is 5.40. The normalized spacial score (nSPS) is 11.0.